The summed E-state index contributed by atoms with van der Waals surface area (Å²) < 4.78 is 12.9. The third-order valence-corrected chi connectivity index (χ3v) is 2.82. The second kappa shape index (κ2) is 8.11. The minimum atomic E-state index is 0.127. The molecule has 0 amide bonds. The van der Waals surface area contributed by atoms with E-state index in [-0.39, 0.29) is 6.04 Å². The molecule has 1 rings (SSSR count). The highest BCUT2D eigenvalue weighted by Crippen LogP contribution is 2.25. The lowest BCUT2D eigenvalue weighted by molar-refractivity contribution is 0.119. The van der Waals surface area contributed by atoms with Crippen molar-refractivity contribution in [2.45, 2.75) is 39.8 Å². The Morgan fingerprint density at radius 2 is 2.17 bits per heavy atom. The molecule has 0 spiro atoms. The van der Waals surface area contributed by atoms with Crippen molar-refractivity contribution in [1.82, 2.24) is 15.1 Å². The Bertz CT molecular complexity index is 309. The predicted molar refractivity (Wildman–Crippen MR) is 72.0 cm³/mol. The molecule has 1 N–H and O–H groups in total. The van der Waals surface area contributed by atoms with Crippen molar-refractivity contribution >= 4 is 0 Å². The Balaban J connectivity index is 2.90. The summed E-state index contributed by atoms with van der Waals surface area (Å²) in [6.45, 7) is 9.37. The molecule has 0 fully saturated rings. The first-order valence-electron chi connectivity index (χ1n) is 6.69. The Labute approximate surface area is 109 Å². The minimum Gasteiger partial charge on any atom is -0.493 e. The number of nitrogens with one attached hydrogen (secondary N) is 1. The van der Waals surface area contributed by atoms with Crippen molar-refractivity contribution in [3.63, 3.8) is 0 Å². The SMILES string of the molecule is CCCNC(COCC)c1c(OC)cnn1CC. The minimum absolute atomic E-state index is 0.127. The third kappa shape index (κ3) is 3.71. The highest BCUT2D eigenvalue weighted by Gasteiger charge is 2.21. The van der Waals surface area contributed by atoms with Gasteiger partial charge >= 0.3 is 0 Å². The van der Waals surface area contributed by atoms with E-state index in [2.05, 4.69) is 24.3 Å². The van der Waals surface area contributed by atoms with Gasteiger partial charge in [-0.25, -0.2) is 0 Å². The van der Waals surface area contributed by atoms with Gasteiger partial charge in [0.25, 0.3) is 0 Å². The van der Waals surface area contributed by atoms with Gasteiger partial charge in [-0.05, 0) is 26.8 Å². The maximum atomic E-state index is 5.56. The highest BCUT2D eigenvalue weighted by molar-refractivity contribution is 5.28. The van der Waals surface area contributed by atoms with Gasteiger partial charge in [-0.2, -0.15) is 5.10 Å². The van der Waals surface area contributed by atoms with E-state index in [4.69, 9.17) is 9.47 Å². The lowest BCUT2D eigenvalue weighted by Crippen LogP contribution is -2.29. The maximum Gasteiger partial charge on any atom is 0.161 e. The summed E-state index contributed by atoms with van der Waals surface area (Å²) in [6, 6.07) is 0.127. The van der Waals surface area contributed by atoms with Gasteiger partial charge in [0.2, 0.25) is 0 Å². The van der Waals surface area contributed by atoms with Gasteiger partial charge in [-0.15, -0.1) is 0 Å². The molecule has 1 aromatic rings. The molecule has 0 bridgehead atoms. The number of aromatic nitrogens is 2. The van der Waals surface area contributed by atoms with Crippen LogP contribution in [0.2, 0.25) is 0 Å². The summed E-state index contributed by atoms with van der Waals surface area (Å²) in [5.41, 5.74) is 1.07. The lowest BCUT2D eigenvalue weighted by atomic mass is 10.2. The van der Waals surface area contributed by atoms with Crippen LogP contribution in [0.25, 0.3) is 0 Å². The molecule has 5 nitrogen and oxygen atoms in total. The molecule has 0 saturated carbocycles. The topological polar surface area (TPSA) is 48.3 Å². The maximum absolute atomic E-state index is 5.56. The summed E-state index contributed by atoms with van der Waals surface area (Å²) in [6.07, 6.45) is 2.86. The van der Waals surface area contributed by atoms with Crippen molar-refractivity contribution in [3.8, 4) is 5.75 Å². The van der Waals surface area contributed by atoms with Gasteiger partial charge in [-0.3, -0.25) is 4.68 Å². The number of nitrogens with zero attached hydrogens (tertiary/aromatic N) is 2. The summed E-state index contributed by atoms with van der Waals surface area (Å²) in [5, 5.41) is 7.83. The Morgan fingerprint density at radius 3 is 2.72 bits per heavy atom. The van der Waals surface area contributed by atoms with E-state index in [1.54, 1.807) is 13.3 Å². The van der Waals surface area contributed by atoms with Crippen molar-refractivity contribution in [2.75, 3.05) is 26.9 Å². The van der Waals surface area contributed by atoms with Crippen LogP contribution in [0.15, 0.2) is 6.20 Å². The zero-order valence-electron chi connectivity index (χ0n) is 11.9. The third-order valence-electron chi connectivity index (χ3n) is 2.82. The monoisotopic (exact) mass is 255 g/mol. The zero-order valence-corrected chi connectivity index (χ0v) is 11.9. The van der Waals surface area contributed by atoms with Gasteiger partial charge in [0.1, 0.15) is 0 Å². The summed E-state index contributed by atoms with van der Waals surface area (Å²) in [5.74, 6) is 0.824. The van der Waals surface area contributed by atoms with E-state index in [0.717, 1.165) is 31.0 Å². The fourth-order valence-electron chi connectivity index (χ4n) is 1.93. The Morgan fingerprint density at radius 1 is 1.39 bits per heavy atom. The quantitative estimate of drug-likeness (QED) is 0.733. The van der Waals surface area contributed by atoms with E-state index >= 15 is 0 Å². The van der Waals surface area contributed by atoms with Crippen molar-refractivity contribution in [2.24, 2.45) is 0 Å². The molecular weight excluding hydrogens is 230 g/mol. The van der Waals surface area contributed by atoms with Crippen LogP contribution in [0.1, 0.15) is 38.9 Å². The fourth-order valence-corrected chi connectivity index (χ4v) is 1.93. The molecule has 0 aliphatic rings. The first-order valence-corrected chi connectivity index (χ1v) is 6.69. The van der Waals surface area contributed by atoms with E-state index in [9.17, 15) is 0 Å². The molecule has 18 heavy (non-hydrogen) atoms. The molecule has 0 aliphatic carbocycles. The van der Waals surface area contributed by atoms with E-state index in [0.29, 0.717) is 13.2 Å². The summed E-state index contributed by atoms with van der Waals surface area (Å²) in [4.78, 5) is 0. The standard InChI is InChI=1S/C13H25N3O2/c1-5-8-14-11(10-18-7-3)13-12(17-4)9-15-16(13)6-2/h9,11,14H,5-8,10H2,1-4H3. The molecule has 1 atom stereocenters. The average molecular weight is 255 g/mol. The van der Waals surface area contributed by atoms with Gasteiger partial charge < -0.3 is 14.8 Å². The largest absolute Gasteiger partial charge is 0.493 e. The molecule has 0 aromatic carbocycles. The van der Waals surface area contributed by atoms with Crippen LogP contribution in [0.5, 0.6) is 5.75 Å². The van der Waals surface area contributed by atoms with E-state index in [1.807, 2.05) is 11.6 Å². The molecule has 1 unspecified atom stereocenters. The van der Waals surface area contributed by atoms with Crippen molar-refractivity contribution in [3.05, 3.63) is 11.9 Å². The second-order valence-corrected chi connectivity index (χ2v) is 4.08. The summed E-state index contributed by atoms with van der Waals surface area (Å²) in [7, 11) is 1.68. The zero-order chi connectivity index (χ0) is 13.4. The molecule has 1 aromatic heterocycles. The fraction of sp³-hybridized carbons (Fsp3) is 0.769. The number of ether oxygens (including phenoxy) is 2. The van der Waals surface area contributed by atoms with Crippen LogP contribution >= 0.6 is 0 Å². The molecule has 0 radical (unpaired) electrons. The van der Waals surface area contributed by atoms with Gasteiger partial charge in [0.05, 0.1) is 31.6 Å². The molecule has 0 saturated heterocycles. The second-order valence-electron chi connectivity index (χ2n) is 4.08. The molecule has 0 aliphatic heterocycles. The van der Waals surface area contributed by atoms with Crippen LogP contribution in [0.4, 0.5) is 0 Å². The van der Waals surface area contributed by atoms with Gasteiger partial charge in [0.15, 0.2) is 5.75 Å². The van der Waals surface area contributed by atoms with E-state index < -0.39 is 0 Å². The lowest BCUT2D eigenvalue weighted by Gasteiger charge is -2.20. The van der Waals surface area contributed by atoms with E-state index in [1.165, 1.54) is 0 Å². The highest BCUT2D eigenvalue weighted by atomic mass is 16.5. The van der Waals surface area contributed by atoms with Crippen LogP contribution < -0.4 is 10.1 Å². The Kier molecular flexibility index (Phi) is 6.75. The Hall–Kier alpha value is -1.07. The van der Waals surface area contributed by atoms with Crippen molar-refractivity contribution in [1.29, 1.82) is 0 Å². The number of hydrogen-bond acceptors (Lipinski definition) is 4. The first-order chi connectivity index (χ1) is 8.78. The van der Waals surface area contributed by atoms with Gasteiger partial charge in [-0.1, -0.05) is 6.92 Å². The van der Waals surface area contributed by atoms with Gasteiger partial charge in [0, 0.05) is 13.2 Å². The van der Waals surface area contributed by atoms with Crippen LogP contribution in [-0.4, -0.2) is 36.6 Å². The number of aryl methyl sites for hydroxylation is 1. The molecule has 104 valence electrons. The predicted octanol–water partition coefficient (Wildman–Crippen LogP) is 1.99. The normalized spacial score (nSPS) is 12.7. The van der Waals surface area contributed by atoms with Crippen LogP contribution in [0, 0.1) is 0 Å². The first kappa shape index (κ1) is 15.0. The number of methoxy groups -OCH3 is 1. The van der Waals surface area contributed by atoms with Crippen molar-refractivity contribution < 1.29 is 9.47 Å². The number of hydrogen-bond donors (Lipinski definition) is 1. The summed E-state index contributed by atoms with van der Waals surface area (Å²) >= 11 is 0. The molecule has 5 heteroatoms. The molecular formula is C13H25N3O2. The average Bonchev–Trinajstić information content (AvgIpc) is 2.82. The molecule has 1 heterocycles. The van der Waals surface area contributed by atoms with Crippen LogP contribution in [0.3, 0.4) is 0 Å². The smallest absolute Gasteiger partial charge is 0.161 e. The van der Waals surface area contributed by atoms with Crippen LogP contribution in [-0.2, 0) is 11.3 Å². The number of rotatable bonds is 9.